The van der Waals surface area contributed by atoms with Crippen molar-refractivity contribution < 1.29 is 23.1 Å². The van der Waals surface area contributed by atoms with Gasteiger partial charge in [0.25, 0.3) is 10.0 Å². The number of nitrogens with one attached hydrogen (secondary N) is 1. The fraction of sp³-hybridized carbons (Fsp3) is 0.333. The van der Waals surface area contributed by atoms with E-state index in [0.717, 1.165) is 0 Å². The molecule has 3 rings (SSSR count). The van der Waals surface area contributed by atoms with E-state index in [2.05, 4.69) is 10.3 Å². The molecule has 2 amide bonds. The van der Waals surface area contributed by atoms with Crippen molar-refractivity contribution >= 4 is 21.8 Å². The third-order valence-electron chi connectivity index (χ3n) is 5.14. The molecule has 2 aromatic rings. The van der Waals surface area contributed by atoms with Crippen molar-refractivity contribution in [3.05, 3.63) is 66.2 Å². The van der Waals surface area contributed by atoms with E-state index in [4.69, 9.17) is 5.73 Å². The summed E-state index contributed by atoms with van der Waals surface area (Å²) >= 11 is 0. The molecule has 0 bridgehead atoms. The molecule has 0 spiro atoms. The molecule has 1 aromatic carbocycles. The molecule has 2 heterocycles. The van der Waals surface area contributed by atoms with Crippen LogP contribution in [0.1, 0.15) is 28.8 Å². The highest BCUT2D eigenvalue weighted by Gasteiger charge is 2.33. The van der Waals surface area contributed by atoms with E-state index >= 15 is 0 Å². The van der Waals surface area contributed by atoms with Gasteiger partial charge in [-0.3, -0.25) is 9.59 Å². The van der Waals surface area contributed by atoms with Crippen molar-refractivity contribution in [2.24, 2.45) is 5.73 Å². The highest BCUT2D eigenvalue weighted by molar-refractivity contribution is 7.89. The average Bonchev–Trinajstić information content (AvgIpc) is 2.95. The largest absolute Gasteiger partial charge is 0.390 e. The second kappa shape index (κ2) is 9.99. The predicted molar refractivity (Wildman–Crippen MR) is 113 cm³/mol. The lowest BCUT2D eigenvalue weighted by Gasteiger charge is -2.24. The number of amides is 2. The van der Waals surface area contributed by atoms with Gasteiger partial charge in [0.05, 0.1) is 18.6 Å². The number of primary amides is 1. The number of hydrogen-bond donors (Lipinski definition) is 3. The Kier molecular flexibility index (Phi) is 7.37. The minimum absolute atomic E-state index is 0.0777. The number of aliphatic hydroxyl groups excluding tert-OH is 1. The summed E-state index contributed by atoms with van der Waals surface area (Å²) in [5.74, 6) is -0.984. The van der Waals surface area contributed by atoms with Gasteiger partial charge in [-0.15, -0.1) is 0 Å². The Bertz CT molecular complexity index is 1030. The lowest BCUT2D eigenvalue weighted by molar-refractivity contribution is -0.119. The zero-order valence-corrected chi connectivity index (χ0v) is 17.7. The van der Waals surface area contributed by atoms with Gasteiger partial charge >= 0.3 is 0 Å². The number of sulfonamides is 1. The standard InChI is InChI=1S/C21H25N4O5S/c22-21(28)16-7-2-1-6-15(16)10-11-19(27)24-17-8-5-13-25(14-18(17)26)31(29,30)20-9-3-4-12-23-20/h1-4,6-7,9,11-12,17-18,26H,5,8,10,13-14H2,(H2,22,28)(H,24,27)/t17?,18-/m0/s1. The summed E-state index contributed by atoms with van der Waals surface area (Å²) < 4.78 is 26.8. The zero-order valence-electron chi connectivity index (χ0n) is 16.8. The quantitative estimate of drug-likeness (QED) is 0.558. The number of nitrogens with two attached hydrogens (primary N) is 1. The number of carbonyl (C=O) groups excluding carboxylic acids is 2. The SMILES string of the molecule is NC(=O)c1ccccc1C[CH]C(=O)NC1CCCN(S(=O)(=O)c2ccccn2)C[C@@H]1O. The van der Waals surface area contributed by atoms with Crippen molar-refractivity contribution in [1.82, 2.24) is 14.6 Å². The highest BCUT2D eigenvalue weighted by Crippen LogP contribution is 2.19. The van der Waals surface area contributed by atoms with Crippen LogP contribution in [0, 0.1) is 6.42 Å². The molecule has 0 aliphatic carbocycles. The first-order valence-corrected chi connectivity index (χ1v) is 11.3. The first-order chi connectivity index (χ1) is 14.8. The summed E-state index contributed by atoms with van der Waals surface area (Å²) in [4.78, 5) is 27.8. The van der Waals surface area contributed by atoms with E-state index in [1.54, 1.807) is 36.4 Å². The lowest BCUT2D eigenvalue weighted by atomic mass is 10.0. The molecular formula is C21H25N4O5S. The Morgan fingerprint density at radius 3 is 2.68 bits per heavy atom. The van der Waals surface area contributed by atoms with Gasteiger partial charge in [-0.05, 0) is 43.0 Å². The van der Waals surface area contributed by atoms with Crippen molar-refractivity contribution in [3.8, 4) is 0 Å². The summed E-state index contributed by atoms with van der Waals surface area (Å²) in [5, 5.41) is 13.2. The summed E-state index contributed by atoms with van der Waals surface area (Å²) in [6, 6.07) is 10.8. The van der Waals surface area contributed by atoms with E-state index in [1.165, 1.54) is 23.0 Å². The Morgan fingerprint density at radius 1 is 1.23 bits per heavy atom. The number of hydrogen-bond acceptors (Lipinski definition) is 6. The Labute approximate surface area is 181 Å². The van der Waals surface area contributed by atoms with Gasteiger partial charge in [0.15, 0.2) is 5.03 Å². The van der Waals surface area contributed by atoms with Gasteiger partial charge in [0.1, 0.15) is 0 Å². The maximum Gasteiger partial charge on any atom is 0.260 e. The van der Waals surface area contributed by atoms with Crippen LogP contribution in [0.3, 0.4) is 0 Å². The number of nitrogens with zero attached hydrogens (tertiary/aromatic N) is 2. The molecule has 165 valence electrons. The van der Waals surface area contributed by atoms with E-state index in [1.807, 2.05) is 0 Å². The molecule has 1 saturated heterocycles. The van der Waals surface area contributed by atoms with Gasteiger partial charge in [-0.1, -0.05) is 24.3 Å². The summed E-state index contributed by atoms with van der Waals surface area (Å²) in [5.41, 5.74) is 6.32. The second-order valence-electron chi connectivity index (χ2n) is 7.29. The van der Waals surface area contributed by atoms with E-state index in [-0.39, 0.29) is 24.5 Å². The van der Waals surface area contributed by atoms with Crippen molar-refractivity contribution in [2.75, 3.05) is 13.1 Å². The van der Waals surface area contributed by atoms with Gasteiger partial charge in [-0.2, -0.15) is 4.31 Å². The molecule has 0 saturated carbocycles. The Morgan fingerprint density at radius 2 is 1.97 bits per heavy atom. The van der Waals surface area contributed by atoms with Crippen LogP contribution in [0.15, 0.2) is 53.7 Å². The summed E-state index contributed by atoms with van der Waals surface area (Å²) in [6.07, 6.45) is 2.80. The van der Waals surface area contributed by atoms with Crippen molar-refractivity contribution in [3.63, 3.8) is 0 Å². The summed E-state index contributed by atoms with van der Waals surface area (Å²) in [7, 11) is -3.83. The maximum absolute atomic E-state index is 12.8. The smallest absolute Gasteiger partial charge is 0.260 e. The van der Waals surface area contributed by atoms with Crippen LogP contribution in [0.4, 0.5) is 0 Å². The highest BCUT2D eigenvalue weighted by atomic mass is 32.2. The second-order valence-corrected chi connectivity index (χ2v) is 9.17. The van der Waals surface area contributed by atoms with E-state index < -0.39 is 34.0 Å². The maximum atomic E-state index is 12.8. The normalized spacial score (nSPS) is 20.0. The van der Waals surface area contributed by atoms with Crippen LogP contribution in [0.5, 0.6) is 0 Å². The first kappa shape index (κ1) is 22.9. The number of carbonyl (C=O) groups is 2. The molecule has 2 atom stereocenters. The number of β-amino-alcohol motifs (C(OH)–C–C–N with tert-alkyl or cyclic N) is 1. The molecule has 4 N–H and O–H groups in total. The number of aromatic nitrogens is 1. The number of aliphatic hydroxyl groups is 1. The van der Waals surface area contributed by atoms with Crippen LogP contribution in [0.25, 0.3) is 0 Å². The minimum atomic E-state index is -3.83. The minimum Gasteiger partial charge on any atom is -0.390 e. The average molecular weight is 446 g/mol. The predicted octanol–water partition coefficient (Wildman–Crippen LogP) is 0.258. The number of rotatable bonds is 7. The molecule has 1 aliphatic heterocycles. The molecule has 1 unspecified atom stereocenters. The molecule has 1 radical (unpaired) electrons. The Hall–Kier alpha value is -2.82. The molecule has 1 aromatic heterocycles. The fourth-order valence-corrected chi connectivity index (χ4v) is 4.94. The number of pyridine rings is 1. The third-order valence-corrected chi connectivity index (χ3v) is 6.92. The van der Waals surface area contributed by atoms with Crippen LogP contribution < -0.4 is 11.1 Å². The van der Waals surface area contributed by atoms with Crippen LogP contribution in [-0.4, -0.2) is 59.9 Å². The zero-order chi connectivity index (χ0) is 22.4. The van der Waals surface area contributed by atoms with Gasteiger partial charge in [0, 0.05) is 24.8 Å². The van der Waals surface area contributed by atoms with Gasteiger partial charge < -0.3 is 16.2 Å². The topological polar surface area (TPSA) is 143 Å². The van der Waals surface area contributed by atoms with Crippen LogP contribution in [0.2, 0.25) is 0 Å². The van der Waals surface area contributed by atoms with Crippen LogP contribution >= 0.6 is 0 Å². The summed E-state index contributed by atoms with van der Waals surface area (Å²) in [6.45, 7) is 0.0758. The van der Waals surface area contributed by atoms with Crippen LogP contribution in [-0.2, 0) is 21.2 Å². The Balaban J connectivity index is 1.60. The molecule has 1 fully saturated rings. The van der Waals surface area contributed by atoms with Gasteiger partial charge in [-0.25, -0.2) is 13.4 Å². The molecular weight excluding hydrogens is 420 g/mol. The molecule has 9 nitrogen and oxygen atoms in total. The van der Waals surface area contributed by atoms with Crippen molar-refractivity contribution in [1.29, 1.82) is 0 Å². The van der Waals surface area contributed by atoms with E-state index in [0.29, 0.717) is 24.0 Å². The fourth-order valence-electron chi connectivity index (χ4n) is 3.51. The first-order valence-electron chi connectivity index (χ1n) is 9.89. The molecule has 1 aliphatic rings. The third kappa shape index (κ3) is 5.66. The van der Waals surface area contributed by atoms with Crippen molar-refractivity contribution in [2.45, 2.75) is 36.4 Å². The van der Waals surface area contributed by atoms with Gasteiger partial charge in [0.2, 0.25) is 11.8 Å². The lowest BCUT2D eigenvalue weighted by Crippen LogP contribution is -2.47. The monoisotopic (exact) mass is 445 g/mol. The number of benzene rings is 1. The molecule has 31 heavy (non-hydrogen) atoms. The van der Waals surface area contributed by atoms with E-state index in [9.17, 15) is 23.1 Å². The molecule has 10 heteroatoms.